The van der Waals surface area contributed by atoms with Gasteiger partial charge in [-0.1, -0.05) is 18.5 Å². The van der Waals surface area contributed by atoms with Gasteiger partial charge in [0.1, 0.15) is 18.2 Å². The first-order valence-electron chi connectivity index (χ1n) is 9.19. The lowest BCUT2D eigenvalue weighted by atomic mass is 10.2. The van der Waals surface area contributed by atoms with Crippen molar-refractivity contribution in [1.29, 1.82) is 0 Å². The first-order chi connectivity index (χ1) is 14.1. The normalized spacial score (nSPS) is 11.9. The molecular weight excluding hydrogens is 433 g/mol. The van der Waals surface area contributed by atoms with Crippen LogP contribution < -0.4 is 0 Å². The van der Waals surface area contributed by atoms with Gasteiger partial charge in [0, 0.05) is 25.7 Å². The third-order valence-corrected chi connectivity index (χ3v) is 6.55. The van der Waals surface area contributed by atoms with Gasteiger partial charge in [0.05, 0.1) is 21.5 Å². The number of aromatic nitrogens is 2. The Hall–Kier alpha value is -2.49. The maximum atomic E-state index is 13.9. The third-order valence-electron chi connectivity index (χ3n) is 4.51. The number of ether oxygens (including phenoxy) is 1. The summed E-state index contributed by atoms with van der Waals surface area (Å²) in [5.41, 5.74) is 0.918. The van der Waals surface area contributed by atoms with Crippen LogP contribution in [0.4, 0.5) is 4.39 Å². The van der Waals surface area contributed by atoms with E-state index in [4.69, 9.17) is 16.3 Å². The van der Waals surface area contributed by atoms with E-state index in [2.05, 4.69) is 4.98 Å². The smallest absolute Gasteiger partial charge is 0.341 e. The quantitative estimate of drug-likeness (QED) is 0.507. The summed E-state index contributed by atoms with van der Waals surface area (Å²) < 4.78 is 46.9. The molecule has 0 unspecified atom stereocenters. The molecule has 160 valence electrons. The predicted molar refractivity (Wildman–Crippen MR) is 111 cm³/mol. The van der Waals surface area contributed by atoms with Gasteiger partial charge in [-0.05, 0) is 42.8 Å². The van der Waals surface area contributed by atoms with Crippen LogP contribution in [0.3, 0.4) is 0 Å². The average Bonchev–Trinajstić information content (AvgIpc) is 3.05. The molecule has 2 aromatic carbocycles. The zero-order valence-electron chi connectivity index (χ0n) is 16.7. The molecule has 1 aromatic heterocycles. The van der Waals surface area contributed by atoms with E-state index >= 15 is 0 Å². The molecule has 0 N–H and O–H groups in total. The van der Waals surface area contributed by atoms with Gasteiger partial charge in [0.15, 0.2) is 0 Å². The molecule has 0 fully saturated rings. The Morgan fingerprint density at radius 1 is 1.23 bits per heavy atom. The Morgan fingerprint density at radius 3 is 2.63 bits per heavy atom. The van der Waals surface area contributed by atoms with Crippen LogP contribution in [0, 0.1) is 5.82 Å². The number of rotatable bonds is 7. The molecule has 0 bridgehead atoms. The molecule has 3 aromatic rings. The first-order valence-corrected chi connectivity index (χ1v) is 11.0. The molecule has 0 saturated heterocycles. The SMILES string of the molecule is CCCn1c(COC(=O)c2cc(Cl)ccc2F)nc2cc(S(=O)(=O)N(C)C)ccc21. The number of carbonyl (C=O) groups excluding carboxylic acids is 1. The third kappa shape index (κ3) is 4.33. The summed E-state index contributed by atoms with van der Waals surface area (Å²) in [5, 5.41) is 0.219. The summed E-state index contributed by atoms with van der Waals surface area (Å²) in [6.45, 7) is 2.37. The highest BCUT2D eigenvalue weighted by Gasteiger charge is 2.21. The van der Waals surface area contributed by atoms with Gasteiger partial charge in [-0.15, -0.1) is 0 Å². The predicted octanol–water partition coefficient (Wildman–Crippen LogP) is 3.85. The van der Waals surface area contributed by atoms with E-state index in [0.29, 0.717) is 17.9 Å². The number of hydrogen-bond acceptors (Lipinski definition) is 5. The first kappa shape index (κ1) is 22.2. The van der Waals surface area contributed by atoms with Crippen LogP contribution in [-0.4, -0.2) is 42.3 Å². The Balaban J connectivity index is 1.93. The number of fused-ring (bicyclic) bond motifs is 1. The maximum absolute atomic E-state index is 13.9. The number of esters is 1. The molecule has 3 rings (SSSR count). The Bertz CT molecular complexity index is 1210. The number of imidazole rings is 1. The van der Waals surface area contributed by atoms with Crippen LogP contribution in [0.15, 0.2) is 41.3 Å². The summed E-state index contributed by atoms with van der Waals surface area (Å²) in [5.74, 6) is -1.16. The van der Waals surface area contributed by atoms with E-state index in [-0.39, 0.29) is 22.1 Å². The molecule has 0 aliphatic carbocycles. The number of halogens is 2. The van der Waals surface area contributed by atoms with Crippen LogP contribution in [0.2, 0.25) is 5.02 Å². The topological polar surface area (TPSA) is 81.5 Å². The maximum Gasteiger partial charge on any atom is 0.341 e. The van der Waals surface area contributed by atoms with Gasteiger partial charge in [0.25, 0.3) is 0 Å². The largest absolute Gasteiger partial charge is 0.454 e. The summed E-state index contributed by atoms with van der Waals surface area (Å²) >= 11 is 5.83. The molecule has 0 atom stereocenters. The van der Waals surface area contributed by atoms with E-state index in [9.17, 15) is 17.6 Å². The zero-order chi connectivity index (χ0) is 22.1. The van der Waals surface area contributed by atoms with E-state index in [1.807, 2.05) is 11.5 Å². The van der Waals surface area contributed by atoms with E-state index < -0.39 is 21.8 Å². The lowest BCUT2D eigenvalue weighted by Crippen LogP contribution is -2.22. The fourth-order valence-electron chi connectivity index (χ4n) is 2.98. The second kappa shape index (κ2) is 8.71. The Morgan fingerprint density at radius 2 is 1.97 bits per heavy atom. The van der Waals surface area contributed by atoms with Crippen LogP contribution in [0.5, 0.6) is 0 Å². The number of nitrogens with zero attached hydrogens (tertiary/aromatic N) is 3. The molecule has 0 spiro atoms. The number of hydrogen-bond donors (Lipinski definition) is 0. The van der Waals surface area contributed by atoms with E-state index in [0.717, 1.165) is 22.3 Å². The van der Waals surface area contributed by atoms with Gasteiger partial charge in [-0.2, -0.15) is 0 Å². The van der Waals surface area contributed by atoms with Crippen molar-refractivity contribution >= 4 is 38.6 Å². The van der Waals surface area contributed by atoms with Crippen molar-refractivity contribution in [3.8, 4) is 0 Å². The molecule has 7 nitrogen and oxygen atoms in total. The van der Waals surface area contributed by atoms with Gasteiger partial charge >= 0.3 is 5.97 Å². The second-order valence-electron chi connectivity index (χ2n) is 6.82. The standard InChI is InChI=1S/C20H21ClFN3O4S/c1-4-9-25-18-8-6-14(30(27,28)24(2)3)11-17(18)23-19(25)12-29-20(26)15-10-13(21)5-7-16(15)22/h5-8,10-11H,4,9,12H2,1-3H3. The molecule has 1 heterocycles. The van der Waals surface area contributed by atoms with Gasteiger partial charge < -0.3 is 9.30 Å². The highest BCUT2D eigenvalue weighted by molar-refractivity contribution is 7.89. The van der Waals surface area contributed by atoms with E-state index in [1.165, 1.54) is 38.4 Å². The van der Waals surface area contributed by atoms with E-state index in [1.54, 1.807) is 6.07 Å². The lowest BCUT2D eigenvalue weighted by molar-refractivity contribution is 0.0453. The summed E-state index contributed by atoms with van der Waals surface area (Å²) in [7, 11) is -0.703. The van der Waals surface area contributed by atoms with Crippen molar-refractivity contribution in [2.75, 3.05) is 14.1 Å². The number of sulfonamides is 1. The molecule has 30 heavy (non-hydrogen) atoms. The van der Waals surface area contributed by atoms with Gasteiger partial charge in [-0.25, -0.2) is 26.9 Å². The zero-order valence-corrected chi connectivity index (χ0v) is 18.3. The summed E-state index contributed by atoms with van der Waals surface area (Å²) in [4.78, 5) is 16.9. The second-order valence-corrected chi connectivity index (χ2v) is 9.41. The monoisotopic (exact) mass is 453 g/mol. The minimum atomic E-state index is -3.61. The van der Waals surface area contributed by atoms with Gasteiger partial charge in [-0.3, -0.25) is 0 Å². The van der Waals surface area contributed by atoms with Crippen molar-refractivity contribution in [3.63, 3.8) is 0 Å². The number of aryl methyl sites for hydroxylation is 1. The minimum absolute atomic E-state index is 0.116. The number of benzene rings is 2. The van der Waals surface area contributed by atoms with Crippen LogP contribution in [0.1, 0.15) is 29.5 Å². The fourth-order valence-corrected chi connectivity index (χ4v) is 4.07. The molecule has 0 radical (unpaired) electrons. The Kier molecular flexibility index (Phi) is 6.44. The fraction of sp³-hybridized carbons (Fsp3) is 0.300. The minimum Gasteiger partial charge on any atom is -0.454 e. The molecule has 10 heteroatoms. The summed E-state index contributed by atoms with van der Waals surface area (Å²) in [6, 6.07) is 8.32. The van der Waals surface area contributed by atoms with Crippen molar-refractivity contribution in [2.24, 2.45) is 0 Å². The molecule has 0 aliphatic heterocycles. The average molecular weight is 454 g/mol. The highest BCUT2D eigenvalue weighted by Crippen LogP contribution is 2.23. The summed E-state index contributed by atoms with van der Waals surface area (Å²) in [6.07, 6.45) is 0.785. The molecular formula is C20H21ClFN3O4S. The van der Waals surface area contributed by atoms with Crippen molar-refractivity contribution < 1.29 is 22.3 Å². The molecule has 0 aliphatic rings. The molecule has 0 saturated carbocycles. The molecule has 0 amide bonds. The van der Waals surface area contributed by atoms with Crippen LogP contribution in [0.25, 0.3) is 11.0 Å². The van der Waals surface area contributed by atoms with Crippen molar-refractivity contribution in [2.45, 2.75) is 31.4 Å². The van der Waals surface area contributed by atoms with Crippen LogP contribution in [-0.2, 0) is 27.9 Å². The Labute approximate surface area is 179 Å². The van der Waals surface area contributed by atoms with Gasteiger partial charge in [0.2, 0.25) is 10.0 Å². The van der Waals surface area contributed by atoms with Crippen molar-refractivity contribution in [3.05, 3.63) is 58.6 Å². The van der Waals surface area contributed by atoms with Crippen LogP contribution >= 0.6 is 11.6 Å². The lowest BCUT2D eigenvalue weighted by Gasteiger charge is -2.11. The number of carbonyl (C=O) groups is 1. The highest BCUT2D eigenvalue weighted by atomic mass is 35.5. The van der Waals surface area contributed by atoms with Crippen molar-refractivity contribution in [1.82, 2.24) is 13.9 Å².